The third-order valence-electron chi connectivity index (χ3n) is 4.90. The number of hydrogen-bond donors (Lipinski definition) is 2. The van der Waals surface area contributed by atoms with Crippen molar-refractivity contribution in [2.45, 2.75) is 23.8 Å². The number of likely N-dealkylation sites (N-methyl/N-ethyl adjacent to an activating group) is 1. The highest BCUT2D eigenvalue weighted by Crippen LogP contribution is 2.29. The molecule has 1 saturated carbocycles. The van der Waals surface area contributed by atoms with Crippen LogP contribution in [0.1, 0.15) is 24.7 Å². The largest absolute Gasteiger partial charge is 0.334 e. The van der Waals surface area contributed by atoms with Gasteiger partial charge in [-0.25, -0.2) is 13.1 Å². The van der Waals surface area contributed by atoms with Crippen LogP contribution in [-0.4, -0.2) is 56.7 Å². The fourth-order valence-electron chi connectivity index (χ4n) is 3.01. The fraction of sp³-hybridized carbons (Fsp3) is 0.529. The maximum absolute atomic E-state index is 12.5. The van der Waals surface area contributed by atoms with E-state index in [2.05, 4.69) is 25.1 Å². The molecular weight excluding hydrogens is 354 g/mol. The predicted octanol–water partition coefficient (Wildman–Crippen LogP) is 1.00. The SMILES string of the molecule is CN1CCNCC1c1noc(-c2cccc(S(=O)(=O)NCC3CC3)c2)n1. The van der Waals surface area contributed by atoms with Gasteiger partial charge in [0.1, 0.15) is 0 Å². The number of piperazine rings is 1. The van der Waals surface area contributed by atoms with Gasteiger partial charge in [0.25, 0.3) is 5.89 Å². The van der Waals surface area contributed by atoms with Gasteiger partial charge >= 0.3 is 0 Å². The molecule has 2 heterocycles. The van der Waals surface area contributed by atoms with Crippen molar-refractivity contribution in [2.24, 2.45) is 5.92 Å². The number of rotatable bonds is 6. The van der Waals surface area contributed by atoms with Gasteiger partial charge in [0.2, 0.25) is 10.0 Å². The summed E-state index contributed by atoms with van der Waals surface area (Å²) in [5.41, 5.74) is 0.601. The van der Waals surface area contributed by atoms with Crippen LogP contribution in [-0.2, 0) is 10.0 Å². The van der Waals surface area contributed by atoms with Crippen molar-refractivity contribution < 1.29 is 12.9 Å². The average molecular weight is 377 g/mol. The quantitative estimate of drug-likeness (QED) is 0.774. The standard InChI is InChI=1S/C17H23N5O3S/c1-22-8-7-18-11-15(22)16-20-17(25-21-16)13-3-2-4-14(9-13)26(23,24)19-10-12-5-6-12/h2-4,9,12,15,18-19H,5-8,10-11H2,1H3. The zero-order chi connectivity index (χ0) is 18.1. The molecule has 0 spiro atoms. The molecule has 1 aromatic carbocycles. The Kier molecular flexibility index (Phi) is 4.78. The van der Waals surface area contributed by atoms with Crippen LogP contribution in [0.2, 0.25) is 0 Å². The molecule has 140 valence electrons. The second kappa shape index (κ2) is 7.07. The minimum Gasteiger partial charge on any atom is -0.334 e. The highest BCUT2D eigenvalue weighted by Gasteiger charge is 2.27. The Morgan fingerprint density at radius 3 is 3.00 bits per heavy atom. The summed E-state index contributed by atoms with van der Waals surface area (Å²) in [4.78, 5) is 6.88. The first-order chi connectivity index (χ1) is 12.5. The molecule has 26 heavy (non-hydrogen) atoms. The zero-order valence-electron chi connectivity index (χ0n) is 14.7. The number of sulfonamides is 1. The van der Waals surface area contributed by atoms with E-state index in [9.17, 15) is 8.42 Å². The Morgan fingerprint density at radius 1 is 1.38 bits per heavy atom. The summed E-state index contributed by atoms with van der Waals surface area (Å²) in [5.74, 6) is 1.42. The van der Waals surface area contributed by atoms with Crippen molar-refractivity contribution in [1.29, 1.82) is 0 Å². The van der Waals surface area contributed by atoms with Crippen LogP contribution < -0.4 is 10.0 Å². The van der Waals surface area contributed by atoms with Crippen LogP contribution in [0, 0.1) is 5.92 Å². The molecule has 2 fully saturated rings. The molecule has 1 aliphatic heterocycles. The first kappa shape index (κ1) is 17.6. The first-order valence-corrected chi connectivity index (χ1v) is 10.4. The predicted molar refractivity (Wildman–Crippen MR) is 95.9 cm³/mol. The average Bonchev–Trinajstić information content (AvgIpc) is 3.35. The Balaban J connectivity index is 1.54. The molecule has 2 aliphatic rings. The molecular formula is C17H23N5O3S. The smallest absolute Gasteiger partial charge is 0.258 e. The molecule has 0 radical (unpaired) electrons. The molecule has 9 heteroatoms. The van der Waals surface area contributed by atoms with Crippen LogP contribution in [0.5, 0.6) is 0 Å². The van der Waals surface area contributed by atoms with Crippen molar-refractivity contribution in [3.05, 3.63) is 30.1 Å². The van der Waals surface area contributed by atoms with E-state index < -0.39 is 10.0 Å². The lowest BCUT2D eigenvalue weighted by molar-refractivity contribution is 0.190. The van der Waals surface area contributed by atoms with Crippen LogP contribution in [0.25, 0.3) is 11.5 Å². The lowest BCUT2D eigenvalue weighted by Gasteiger charge is -2.30. The summed E-state index contributed by atoms with van der Waals surface area (Å²) in [6.45, 7) is 3.10. The van der Waals surface area contributed by atoms with E-state index >= 15 is 0 Å². The summed E-state index contributed by atoms with van der Waals surface area (Å²) >= 11 is 0. The maximum Gasteiger partial charge on any atom is 0.258 e. The summed E-state index contributed by atoms with van der Waals surface area (Å²) < 4.78 is 33.0. The number of nitrogens with zero attached hydrogens (tertiary/aromatic N) is 3. The van der Waals surface area contributed by atoms with E-state index in [4.69, 9.17) is 4.52 Å². The van der Waals surface area contributed by atoms with Crippen LogP contribution in [0.15, 0.2) is 33.7 Å². The molecule has 2 N–H and O–H groups in total. The second-order valence-electron chi connectivity index (χ2n) is 6.98. The van der Waals surface area contributed by atoms with E-state index in [1.165, 1.54) is 0 Å². The Morgan fingerprint density at radius 2 is 2.23 bits per heavy atom. The van der Waals surface area contributed by atoms with Gasteiger partial charge in [-0.05, 0) is 44.0 Å². The summed E-state index contributed by atoms with van der Waals surface area (Å²) in [6, 6.07) is 6.68. The van der Waals surface area contributed by atoms with Crippen molar-refractivity contribution in [2.75, 3.05) is 33.2 Å². The summed E-state index contributed by atoms with van der Waals surface area (Å²) in [6.07, 6.45) is 2.19. The number of hydrogen-bond acceptors (Lipinski definition) is 7. The normalized spacial score (nSPS) is 21.8. The fourth-order valence-corrected chi connectivity index (χ4v) is 4.17. The third kappa shape index (κ3) is 3.80. The van der Waals surface area contributed by atoms with Crippen molar-refractivity contribution in [3.63, 3.8) is 0 Å². The lowest BCUT2D eigenvalue weighted by atomic mass is 10.2. The Hall–Kier alpha value is -1.81. The maximum atomic E-state index is 12.5. The van der Waals surface area contributed by atoms with Crippen molar-refractivity contribution >= 4 is 10.0 Å². The van der Waals surface area contributed by atoms with Gasteiger partial charge in [-0.2, -0.15) is 4.98 Å². The topological polar surface area (TPSA) is 100 Å². The molecule has 2 aromatic rings. The van der Waals surface area contributed by atoms with E-state index in [1.54, 1.807) is 24.3 Å². The number of benzene rings is 1. The van der Waals surface area contributed by atoms with Gasteiger partial charge in [0, 0.05) is 31.7 Å². The highest BCUT2D eigenvalue weighted by atomic mass is 32.2. The summed E-state index contributed by atoms with van der Waals surface area (Å²) in [7, 11) is -1.50. The highest BCUT2D eigenvalue weighted by molar-refractivity contribution is 7.89. The second-order valence-corrected chi connectivity index (χ2v) is 8.75. The molecule has 0 amide bonds. The van der Waals surface area contributed by atoms with Gasteiger partial charge in [-0.1, -0.05) is 11.2 Å². The zero-order valence-corrected chi connectivity index (χ0v) is 15.5. The summed E-state index contributed by atoms with van der Waals surface area (Å²) in [5, 5.41) is 7.41. The Labute approximate surface area is 153 Å². The third-order valence-corrected chi connectivity index (χ3v) is 6.32. The van der Waals surface area contributed by atoms with E-state index in [1.807, 2.05) is 7.05 Å². The van der Waals surface area contributed by atoms with Gasteiger partial charge in [0.15, 0.2) is 5.82 Å². The lowest BCUT2D eigenvalue weighted by Crippen LogP contribution is -2.44. The van der Waals surface area contributed by atoms with Gasteiger partial charge in [-0.3, -0.25) is 4.90 Å². The van der Waals surface area contributed by atoms with Gasteiger partial charge in [-0.15, -0.1) is 0 Å². The van der Waals surface area contributed by atoms with E-state index in [-0.39, 0.29) is 10.9 Å². The van der Waals surface area contributed by atoms with E-state index in [0.29, 0.717) is 29.7 Å². The molecule has 8 nitrogen and oxygen atoms in total. The van der Waals surface area contributed by atoms with E-state index in [0.717, 1.165) is 32.5 Å². The molecule has 1 aliphatic carbocycles. The molecule has 4 rings (SSSR count). The van der Waals surface area contributed by atoms with Crippen molar-refractivity contribution in [1.82, 2.24) is 25.1 Å². The van der Waals surface area contributed by atoms with Crippen LogP contribution >= 0.6 is 0 Å². The molecule has 1 atom stereocenters. The van der Waals surface area contributed by atoms with Crippen LogP contribution in [0.3, 0.4) is 0 Å². The van der Waals surface area contributed by atoms with Crippen molar-refractivity contribution in [3.8, 4) is 11.5 Å². The first-order valence-electron chi connectivity index (χ1n) is 8.87. The number of aromatic nitrogens is 2. The van der Waals surface area contributed by atoms with Crippen LogP contribution in [0.4, 0.5) is 0 Å². The molecule has 0 bridgehead atoms. The molecule has 1 saturated heterocycles. The van der Waals surface area contributed by atoms with Gasteiger partial charge in [0.05, 0.1) is 10.9 Å². The minimum absolute atomic E-state index is 0.0494. The monoisotopic (exact) mass is 377 g/mol. The molecule has 1 aromatic heterocycles. The number of nitrogens with one attached hydrogen (secondary N) is 2. The van der Waals surface area contributed by atoms with Gasteiger partial charge < -0.3 is 9.84 Å². The molecule has 1 unspecified atom stereocenters. The Bertz CT molecular complexity index is 878. The minimum atomic E-state index is -3.53.